The van der Waals surface area contributed by atoms with Crippen LogP contribution in [0.5, 0.6) is 0 Å². The van der Waals surface area contributed by atoms with Crippen LogP contribution < -0.4 is 4.72 Å². The topological polar surface area (TPSA) is 46.2 Å². The fourth-order valence-electron chi connectivity index (χ4n) is 3.65. The van der Waals surface area contributed by atoms with Crippen molar-refractivity contribution in [1.82, 2.24) is 0 Å². The zero-order valence-corrected chi connectivity index (χ0v) is 17.5. The molecule has 0 amide bonds. The van der Waals surface area contributed by atoms with Gasteiger partial charge in [-0.1, -0.05) is 91.0 Å². The summed E-state index contributed by atoms with van der Waals surface area (Å²) in [6, 6.07) is 35.0. The summed E-state index contributed by atoms with van der Waals surface area (Å²) < 4.78 is 28.1. The van der Waals surface area contributed by atoms with Crippen LogP contribution in [0.1, 0.15) is 28.2 Å². The molecule has 3 nitrogen and oxygen atoms in total. The highest BCUT2D eigenvalue weighted by Gasteiger charge is 2.19. The van der Waals surface area contributed by atoms with Gasteiger partial charge in [-0.2, -0.15) is 0 Å². The fraction of sp³-hybridized carbons (Fsp3) is 0.0769. The van der Waals surface area contributed by atoms with E-state index in [4.69, 9.17) is 0 Å². The van der Waals surface area contributed by atoms with Crippen LogP contribution in [-0.2, 0) is 10.0 Å². The summed E-state index contributed by atoms with van der Waals surface area (Å²) in [7, 11) is -3.62. The third-order valence-corrected chi connectivity index (χ3v) is 6.53. The molecule has 0 bridgehead atoms. The third kappa shape index (κ3) is 4.29. The summed E-state index contributed by atoms with van der Waals surface area (Å²) in [6.45, 7) is 1.93. The summed E-state index contributed by atoms with van der Waals surface area (Å²) in [4.78, 5) is 0.250. The minimum atomic E-state index is -3.62. The van der Waals surface area contributed by atoms with Crippen molar-refractivity contribution in [2.24, 2.45) is 0 Å². The summed E-state index contributed by atoms with van der Waals surface area (Å²) >= 11 is 0. The predicted molar refractivity (Wildman–Crippen MR) is 122 cm³/mol. The summed E-state index contributed by atoms with van der Waals surface area (Å²) in [6.07, 6.45) is 0. The Bertz CT molecular complexity index is 1180. The molecule has 0 unspecified atom stereocenters. The number of anilines is 1. The van der Waals surface area contributed by atoms with Crippen LogP contribution >= 0.6 is 0 Å². The second kappa shape index (κ2) is 8.56. The Labute approximate surface area is 178 Å². The van der Waals surface area contributed by atoms with Crippen molar-refractivity contribution in [3.8, 4) is 0 Å². The molecule has 0 aliphatic rings. The van der Waals surface area contributed by atoms with Gasteiger partial charge in [0.05, 0.1) is 10.6 Å². The first kappa shape index (κ1) is 19.9. The van der Waals surface area contributed by atoms with E-state index in [-0.39, 0.29) is 10.8 Å². The van der Waals surface area contributed by atoms with Gasteiger partial charge >= 0.3 is 0 Å². The smallest absolute Gasteiger partial charge is 0.261 e. The highest BCUT2D eigenvalue weighted by molar-refractivity contribution is 7.92. The van der Waals surface area contributed by atoms with E-state index in [1.165, 1.54) is 11.1 Å². The molecule has 4 aromatic carbocycles. The molecule has 0 fully saturated rings. The minimum Gasteiger partial charge on any atom is -0.279 e. The normalized spacial score (nSPS) is 11.4. The largest absolute Gasteiger partial charge is 0.279 e. The molecule has 0 aliphatic carbocycles. The molecule has 150 valence electrons. The number of hydrogen-bond donors (Lipinski definition) is 1. The third-order valence-electron chi connectivity index (χ3n) is 5.15. The Morgan fingerprint density at radius 2 is 1.13 bits per heavy atom. The lowest BCUT2D eigenvalue weighted by Crippen LogP contribution is -2.14. The van der Waals surface area contributed by atoms with E-state index >= 15 is 0 Å². The van der Waals surface area contributed by atoms with Crippen molar-refractivity contribution >= 4 is 15.7 Å². The second-order valence-corrected chi connectivity index (χ2v) is 8.93. The molecule has 0 heterocycles. The van der Waals surface area contributed by atoms with Gasteiger partial charge in [0.2, 0.25) is 0 Å². The average Bonchev–Trinajstić information content (AvgIpc) is 2.78. The number of hydrogen-bond acceptors (Lipinski definition) is 2. The highest BCUT2D eigenvalue weighted by atomic mass is 32.2. The molecule has 4 heteroatoms. The van der Waals surface area contributed by atoms with E-state index in [0.717, 1.165) is 11.1 Å². The quantitative estimate of drug-likeness (QED) is 0.396. The SMILES string of the molecule is Cc1cc(C(c2ccccc2)c2ccccc2)ccc1NS(=O)(=O)c1ccccc1. The molecule has 0 spiro atoms. The fourth-order valence-corrected chi connectivity index (χ4v) is 4.80. The maximum Gasteiger partial charge on any atom is 0.261 e. The van der Waals surface area contributed by atoms with Crippen molar-refractivity contribution in [3.05, 3.63) is 131 Å². The van der Waals surface area contributed by atoms with Gasteiger partial charge in [-0.25, -0.2) is 8.42 Å². The van der Waals surface area contributed by atoms with Crippen molar-refractivity contribution in [2.45, 2.75) is 17.7 Å². The van der Waals surface area contributed by atoms with Crippen LogP contribution in [0.15, 0.2) is 114 Å². The van der Waals surface area contributed by atoms with Crippen LogP contribution in [0.4, 0.5) is 5.69 Å². The van der Waals surface area contributed by atoms with Crippen molar-refractivity contribution in [1.29, 1.82) is 0 Å². The van der Waals surface area contributed by atoms with Crippen LogP contribution in [-0.4, -0.2) is 8.42 Å². The first-order valence-corrected chi connectivity index (χ1v) is 11.3. The number of nitrogens with one attached hydrogen (secondary N) is 1. The van der Waals surface area contributed by atoms with Gasteiger partial charge in [-0.15, -0.1) is 0 Å². The van der Waals surface area contributed by atoms with Crippen LogP contribution in [0.25, 0.3) is 0 Å². The molecule has 4 rings (SSSR count). The van der Waals surface area contributed by atoms with Gasteiger partial charge < -0.3 is 0 Å². The monoisotopic (exact) mass is 413 g/mol. The first-order valence-electron chi connectivity index (χ1n) is 9.83. The maximum atomic E-state index is 12.7. The maximum absolute atomic E-state index is 12.7. The molecular formula is C26H23NO2S. The number of rotatable bonds is 6. The lowest BCUT2D eigenvalue weighted by Gasteiger charge is -2.20. The lowest BCUT2D eigenvalue weighted by molar-refractivity contribution is 0.601. The van der Waals surface area contributed by atoms with Gasteiger partial charge in [0.25, 0.3) is 10.0 Å². The Kier molecular flexibility index (Phi) is 5.68. The second-order valence-electron chi connectivity index (χ2n) is 7.25. The van der Waals surface area contributed by atoms with E-state index in [1.807, 2.05) is 55.5 Å². The molecule has 0 saturated carbocycles. The summed E-state index contributed by atoms with van der Waals surface area (Å²) in [5.41, 5.74) is 4.97. The molecule has 0 aromatic heterocycles. The summed E-state index contributed by atoms with van der Waals surface area (Å²) in [5.74, 6) is 0.0749. The molecule has 1 N–H and O–H groups in total. The average molecular weight is 414 g/mol. The zero-order chi connectivity index (χ0) is 21.0. The number of benzene rings is 4. The van der Waals surface area contributed by atoms with Gasteiger partial charge in [-0.05, 0) is 47.4 Å². The van der Waals surface area contributed by atoms with Crippen LogP contribution in [0.2, 0.25) is 0 Å². The van der Waals surface area contributed by atoms with Crippen molar-refractivity contribution in [2.75, 3.05) is 4.72 Å². The highest BCUT2D eigenvalue weighted by Crippen LogP contribution is 2.34. The Hall–Kier alpha value is -3.37. The predicted octanol–water partition coefficient (Wildman–Crippen LogP) is 5.98. The standard InChI is InChI=1S/C26H23NO2S/c1-20-19-23(17-18-25(20)27-30(28,29)24-15-9-4-10-16-24)26(21-11-5-2-6-12-21)22-13-7-3-8-14-22/h2-19,26-27H,1H3. The van der Waals surface area contributed by atoms with E-state index in [2.05, 4.69) is 35.1 Å². The Morgan fingerprint density at radius 1 is 0.633 bits per heavy atom. The molecule has 4 aromatic rings. The number of sulfonamides is 1. The van der Waals surface area contributed by atoms with Crippen LogP contribution in [0.3, 0.4) is 0 Å². The van der Waals surface area contributed by atoms with Crippen LogP contribution in [0, 0.1) is 6.92 Å². The lowest BCUT2D eigenvalue weighted by atomic mass is 9.84. The Morgan fingerprint density at radius 3 is 1.63 bits per heavy atom. The zero-order valence-electron chi connectivity index (χ0n) is 16.7. The van der Waals surface area contributed by atoms with Gasteiger partial charge in [0.1, 0.15) is 0 Å². The van der Waals surface area contributed by atoms with Gasteiger partial charge in [-0.3, -0.25) is 4.72 Å². The molecule has 0 aliphatic heterocycles. The van der Waals surface area contributed by atoms with E-state index in [9.17, 15) is 8.42 Å². The molecule has 0 radical (unpaired) electrons. The van der Waals surface area contributed by atoms with Gasteiger partial charge in [0.15, 0.2) is 0 Å². The van der Waals surface area contributed by atoms with E-state index < -0.39 is 10.0 Å². The molecule has 0 atom stereocenters. The Balaban J connectivity index is 1.71. The summed E-state index contributed by atoms with van der Waals surface area (Å²) in [5, 5.41) is 0. The van der Waals surface area contributed by atoms with Gasteiger partial charge in [0, 0.05) is 5.92 Å². The minimum absolute atomic E-state index is 0.0749. The molecule has 0 saturated heterocycles. The van der Waals surface area contributed by atoms with Crippen molar-refractivity contribution < 1.29 is 8.42 Å². The molecule has 30 heavy (non-hydrogen) atoms. The first-order chi connectivity index (χ1) is 14.5. The number of aryl methyl sites for hydroxylation is 1. The molecular weight excluding hydrogens is 390 g/mol. The van der Waals surface area contributed by atoms with Crippen molar-refractivity contribution in [3.63, 3.8) is 0 Å². The van der Waals surface area contributed by atoms with E-state index in [1.54, 1.807) is 30.3 Å². The van der Waals surface area contributed by atoms with E-state index in [0.29, 0.717) is 5.69 Å².